The number of nitriles is 1. The van der Waals surface area contributed by atoms with Crippen LogP contribution in [-0.4, -0.2) is 62.7 Å². The number of nitrogens with one attached hydrogen (secondary N) is 3. The molecule has 0 saturated carbocycles. The number of halogens is 1. The zero-order valence-corrected chi connectivity index (χ0v) is 18.2. The van der Waals surface area contributed by atoms with Crippen LogP contribution >= 0.6 is 0 Å². The summed E-state index contributed by atoms with van der Waals surface area (Å²) in [5.74, 6) is 0.704. The first-order chi connectivity index (χ1) is 15.9. The second kappa shape index (κ2) is 9.39. The molecule has 0 unspecified atom stereocenters. The van der Waals surface area contributed by atoms with Crippen molar-refractivity contribution in [1.29, 1.82) is 5.26 Å². The van der Waals surface area contributed by atoms with E-state index in [1.54, 1.807) is 37.6 Å². The first kappa shape index (κ1) is 22.4. The second-order valence-corrected chi connectivity index (χ2v) is 7.74. The van der Waals surface area contributed by atoms with E-state index in [-0.39, 0.29) is 19.3 Å². The Balaban J connectivity index is 1.49. The number of H-pyrrole nitrogens is 1. The molecule has 0 bridgehead atoms. The van der Waals surface area contributed by atoms with E-state index in [1.807, 2.05) is 0 Å². The van der Waals surface area contributed by atoms with Gasteiger partial charge in [0, 0.05) is 25.4 Å². The van der Waals surface area contributed by atoms with E-state index < -0.39 is 24.5 Å². The van der Waals surface area contributed by atoms with Gasteiger partial charge in [-0.1, -0.05) is 0 Å². The highest BCUT2D eigenvalue weighted by Crippen LogP contribution is 2.33. The molecule has 1 saturated heterocycles. The lowest BCUT2D eigenvalue weighted by Gasteiger charge is -2.16. The standard InChI is InChI=1S/C20H23FN8O4/c1-10(2)24-20(30)33-14-9-32-17(16(14)21)13-4-15(28-27-13)26-19-23-6-11(5-22)18-25-12(8-31-3)7-29(18)19/h4,6-7,10,14,16-17H,8-9H2,1-3H3,(H,24,30)(H2,23,26,27,28)/t14-,16-,17-/m1/s1. The smallest absolute Gasteiger partial charge is 0.407 e. The molecular formula is C20H23FN8O4. The molecule has 4 rings (SSSR count). The molecule has 3 aromatic rings. The number of aromatic nitrogens is 5. The Hall–Kier alpha value is -3.76. The highest BCUT2D eigenvalue weighted by molar-refractivity contribution is 5.67. The van der Waals surface area contributed by atoms with Crippen LogP contribution in [0.5, 0.6) is 0 Å². The number of carbonyl (C=O) groups excluding carboxylic acids is 1. The van der Waals surface area contributed by atoms with Crippen molar-refractivity contribution >= 4 is 23.5 Å². The number of ether oxygens (including phenoxy) is 3. The van der Waals surface area contributed by atoms with E-state index in [0.29, 0.717) is 34.4 Å². The van der Waals surface area contributed by atoms with Gasteiger partial charge in [-0.25, -0.2) is 19.2 Å². The number of fused-ring (bicyclic) bond motifs is 1. The molecule has 4 heterocycles. The van der Waals surface area contributed by atoms with Crippen LogP contribution in [0.25, 0.3) is 5.65 Å². The number of carbonyl (C=O) groups is 1. The number of nitrogens with zero attached hydrogens (tertiary/aromatic N) is 5. The van der Waals surface area contributed by atoms with Crippen molar-refractivity contribution in [3.05, 3.63) is 35.4 Å². The molecule has 0 radical (unpaired) electrons. The summed E-state index contributed by atoms with van der Waals surface area (Å²) in [5.41, 5.74) is 1.72. The number of alkyl halides is 1. The average molecular weight is 458 g/mol. The van der Waals surface area contributed by atoms with Crippen LogP contribution in [0.1, 0.15) is 36.9 Å². The number of hydrogen-bond acceptors (Lipinski definition) is 9. The van der Waals surface area contributed by atoms with Crippen LogP contribution in [0.4, 0.5) is 21.0 Å². The van der Waals surface area contributed by atoms with Gasteiger partial charge < -0.3 is 24.8 Å². The zero-order chi connectivity index (χ0) is 23.5. The Bertz CT molecular complexity index is 1190. The Kier molecular flexibility index (Phi) is 6.38. The van der Waals surface area contributed by atoms with Crippen molar-refractivity contribution in [1.82, 2.24) is 29.9 Å². The highest BCUT2D eigenvalue weighted by atomic mass is 19.1. The van der Waals surface area contributed by atoms with Gasteiger partial charge in [0.2, 0.25) is 5.95 Å². The van der Waals surface area contributed by atoms with E-state index in [2.05, 4.69) is 36.9 Å². The molecule has 174 valence electrons. The summed E-state index contributed by atoms with van der Waals surface area (Å²) in [6, 6.07) is 3.50. The minimum Gasteiger partial charge on any atom is -0.441 e. The molecule has 3 atom stereocenters. The molecular weight excluding hydrogens is 435 g/mol. The molecule has 1 amide bonds. The Morgan fingerprint density at radius 3 is 3.06 bits per heavy atom. The summed E-state index contributed by atoms with van der Waals surface area (Å²) in [6.07, 6.45) is -1.17. The van der Waals surface area contributed by atoms with Gasteiger partial charge in [0.1, 0.15) is 17.7 Å². The van der Waals surface area contributed by atoms with Crippen LogP contribution in [0.2, 0.25) is 0 Å². The predicted molar refractivity (Wildman–Crippen MR) is 112 cm³/mol. The van der Waals surface area contributed by atoms with E-state index >= 15 is 0 Å². The van der Waals surface area contributed by atoms with E-state index in [1.165, 1.54) is 6.20 Å². The maximum Gasteiger partial charge on any atom is 0.407 e. The Labute approximate surface area is 188 Å². The van der Waals surface area contributed by atoms with Crippen molar-refractivity contribution in [2.24, 2.45) is 0 Å². The second-order valence-electron chi connectivity index (χ2n) is 7.74. The SMILES string of the molecule is COCc1cn2c(Nc3cc([C@H]4OC[C@@H](OC(=O)NC(C)C)[C@H]4F)[nH]n3)ncc(C#N)c2n1. The Morgan fingerprint density at radius 1 is 1.52 bits per heavy atom. The fourth-order valence-corrected chi connectivity index (χ4v) is 3.42. The molecule has 13 heteroatoms. The number of amides is 1. The zero-order valence-electron chi connectivity index (χ0n) is 18.2. The summed E-state index contributed by atoms with van der Waals surface area (Å²) in [5, 5.41) is 21.8. The number of anilines is 2. The molecule has 1 aliphatic heterocycles. The molecule has 0 aliphatic carbocycles. The largest absolute Gasteiger partial charge is 0.441 e. The van der Waals surface area contributed by atoms with E-state index in [4.69, 9.17) is 14.2 Å². The van der Waals surface area contributed by atoms with Crippen molar-refractivity contribution in [2.45, 2.75) is 44.9 Å². The van der Waals surface area contributed by atoms with E-state index in [0.717, 1.165) is 0 Å². The van der Waals surface area contributed by atoms with Gasteiger partial charge in [-0.2, -0.15) is 10.4 Å². The molecule has 1 aliphatic rings. The van der Waals surface area contributed by atoms with Crippen LogP contribution in [0, 0.1) is 11.3 Å². The number of aromatic amines is 1. The lowest BCUT2D eigenvalue weighted by Crippen LogP contribution is -2.36. The third-order valence-corrected chi connectivity index (χ3v) is 4.85. The maximum atomic E-state index is 14.9. The molecule has 0 aromatic carbocycles. The van der Waals surface area contributed by atoms with Crippen molar-refractivity contribution < 1.29 is 23.4 Å². The third kappa shape index (κ3) is 4.71. The minimum atomic E-state index is -1.57. The highest BCUT2D eigenvalue weighted by Gasteiger charge is 2.42. The third-order valence-electron chi connectivity index (χ3n) is 4.85. The Morgan fingerprint density at radius 2 is 2.33 bits per heavy atom. The van der Waals surface area contributed by atoms with Crippen molar-refractivity contribution in [2.75, 3.05) is 19.0 Å². The summed E-state index contributed by atoms with van der Waals surface area (Å²) in [6.45, 7) is 3.75. The number of rotatable bonds is 7. The number of imidazole rings is 1. The molecule has 3 N–H and O–H groups in total. The van der Waals surface area contributed by atoms with Crippen LogP contribution in [-0.2, 0) is 20.8 Å². The van der Waals surface area contributed by atoms with Crippen LogP contribution in [0.15, 0.2) is 18.5 Å². The summed E-state index contributed by atoms with van der Waals surface area (Å²) >= 11 is 0. The topological polar surface area (TPSA) is 151 Å². The average Bonchev–Trinajstić information content (AvgIpc) is 3.48. The van der Waals surface area contributed by atoms with Gasteiger partial charge in [0.05, 0.1) is 30.8 Å². The quantitative estimate of drug-likeness (QED) is 0.483. The molecule has 1 fully saturated rings. The van der Waals surface area contributed by atoms with Crippen LogP contribution in [0.3, 0.4) is 0 Å². The molecule has 12 nitrogen and oxygen atoms in total. The van der Waals surface area contributed by atoms with Gasteiger partial charge in [-0.05, 0) is 13.8 Å². The molecule has 33 heavy (non-hydrogen) atoms. The van der Waals surface area contributed by atoms with Crippen molar-refractivity contribution in [3.63, 3.8) is 0 Å². The van der Waals surface area contributed by atoms with E-state index in [9.17, 15) is 14.4 Å². The molecule has 3 aromatic heterocycles. The molecule has 0 spiro atoms. The summed E-state index contributed by atoms with van der Waals surface area (Å²) in [7, 11) is 1.55. The predicted octanol–water partition coefficient (Wildman–Crippen LogP) is 2.13. The van der Waals surface area contributed by atoms with Gasteiger partial charge in [0.15, 0.2) is 23.7 Å². The van der Waals surface area contributed by atoms with Gasteiger partial charge >= 0.3 is 6.09 Å². The number of hydrogen-bond donors (Lipinski definition) is 3. The maximum absolute atomic E-state index is 14.9. The van der Waals surface area contributed by atoms with Crippen molar-refractivity contribution in [3.8, 4) is 6.07 Å². The number of methoxy groups -OCH3 is 1. The number of alkyl carbamates (subject to hydrolysis) is 1. The summed E-state index contributed by atoms with van der Waals surface area (Å²) < 4.78 is 32.2. The summed E-state index contributed by atoms with van der Waals surface area (Å²) in [4.78, 5) is 20.4. The minimum absolute atomic E-state index is 0.0752. The normalized spacial score (nSPS) is 20.2. The fraction of sp³-hybridized carbons (Fsp3) is 0.450. The van der Waals surface area contributed by atoms with Gasteiger partial charge in [0.25, 0.3) is 0 Å². The fourth-order valence-electron chi connectivity index (χ4n) is 3.42. The monoisotopic (exact) mass is 458 g/mol. The van der Waals surface area contributed by atoms with Gasteiger partial charge in [-0.15, -0.1) is 0 Å². The van der Waals surface area contributed by atoms with Crippen LogP contribution < -0.4 is 10.6 Å². The first-order valence-electron chi connectivity index (χ1n) is 10.2. The lowest BCUT2D eigenvalue weighted by atomic mass is 10.1. The first-order valence-corrected chi connectivity index (χ1v) is 10.2. The van der Waals surface area contributed by atoms with Gasteiger partial charge in [-0.3, -0.25) is 9.50 Å². The lowest BCUT2D eigenvalue weighted by molar-refractivity contribution is 0.0615.